The van der Waals surface area contributed by atoms with Crippen molar-refractivity contribution in [2.75, 3.05) is 26.3 Å². The Labute approximate surface area is 165 Å². The molecule has 1 heterocycles. The average Bonchev–Trinajstić information content (AvgIpc) is 3.21. The number of morpholine rings is 1. The van der Waals surface area contributed by atoms with E-state index in [1.807, 2.05) is 12.1 Å². The lowest BCUT2D eigenvalue weighted by Crippen LogP contribution is -2.40. The molecule has 0 N–H and O–H groups in total. The van der Waals surface area contributed by atoms with Crippen LogP contribution in [0.15, 0.2) is 47.4 Å². The van der Waals surface area contributed by atoms with Crippen molar-refractivity contribution < 1.29 is 22.7 Å². The lowest BCUT2D eigenvalue weighted by molar-refractivity contribution is 0.0472. The van der Waals surface area contributed by atoms with E-state index < -0.39 is 16.0 Å². The Morgan fingerprint density at radius 2 is 1.82 bits per heavy atom. The first kappa shape index (κ1) is 19.1. The molecule has 0 spiro atoms. The number of nitrogens with zero attached hydrogens (tertiary/aromatic N) is 1. The first-order valence-electron chi connectivity index (χ1n) is 9.50. The standard InChI is InChI=1S/C21H23NO5S/c23-21(19-8-7-17-4-2-5-18(17)14-19)27-15-16-3-1-6-20(13-16)28(24,25)22-9-11-26-12-10-22/h1,3,6-8,13-14H,2,4-5,9-12,15H2. The van der Waals surface area contributed by atoms with Gasteiger partial charge in [-0.15, -0.1) is 0 Å². The number of carbonyl (C=O) groups is 1. The van der Waals surface area contributed by atoms with Gasteiger partial charge in [-0.25, -0.2) is 13.2 Å². The van der Waals surface area contributed by atoms with Crippen molar-refractivity contribution in [3.05, 3.63) is 64.7 Å². The van der Waals surface area contributed by atoms with E-state index >= 15 is 0 Å². The highest BCUT2D eigenvalue weighted by Gasteiger charge is 2.26. The number of sulfonamides is 1. The summed E-state index contributed by atoms with van der Waals surface area (Å²) in [5.41, 5.74) is 3.70. The van der Waals surface area contributed by atoms with Gasteiger partial charge in [0.15, 0.2) is 0 Å². The highest BCUT2D eigenvalue weighted by molar-refractivity contribution is 7.89. The van der Waals surface area contributed by atoms with Crippen LogP contribution in [0.5, 0.6) is 0 Å². The number of hydrogen-bond acceptors (Lipinski definition) is 5. The second kappa shape index (κ2) is 8.03. The summed E-state index contributed by atoms with van der Waals surface area (Å²) in [6.07, 6.45) is 3.19. The topological polar surface area (TPSA) is 72.9 Å². The Bertz CT molecular complexity index is 980. The number of aryl methyl sites for hydroxylation is 2. The van der Waals surface area contributed by atoms with Gasteiger partial charge in [0.25, 0.3) is 0 Å². The molecule has 2 aromatic carbocycles. The maximum atomic E-state index is 12.8. The second-order valence-corrected chi connectivity index (χ2v) is 9.01. The van der Waals surface area contributed by atoms with E-state index in [1.165, 1.54) is 15.4 Å². The van der Waals surface area contributed by atoms with Gasteiger partial charge < -0.3 is 9.47 Å². The fraction of sp³-hybridized carbons (Fsp3) is 0.381. The fourth-order valence-corrected chi connectivity index (χ4v) is 5.14. The number of ether oxygens (including phenoxy) is 2. The molecule has 1 fully saturated rings. The maximum absolute atomic E-state index is 12.8. The molecule has 28 heavy (non-hydrogen) atoms. The Hall–Kier alpha value is -2.22. The molecule has 2 aromatic rings. The van der Waals surface area contributed by atoms with Crippen LogP contribution in [-0.2, 0) is 38.9 Å². The van der Waals surface area contributed by atoms with Crippen LogP contribution in [0, 0.1) is 0 Å². The first-order chi connectivity index (χ1) is 13.5. The van der Waals surface area contributed by atoms with Crippen LogP contribution in [0.4, 0.5) is 0 Å². The molecule has 4 rings (SSSR count). The van der Waals surface area contributed by atoms with Crippen LogP contribution in [0.2, 0.25) is 0 Å². The number of hydrogen-bond donors (Lipinski definition) is 0. The van der Waals surface area contributed by atoms with Gasteiger partial charge in [0.05, 0.1) is 23.7 Å². The quantitative estimate of drug-likeness (QED) is 0.720. The zero-order valence-electron chi connectivity index (χ0n) is 15.6. The molecule has 0 bridgehead atoms. The van der Waals surface area contributed by atoms with Gasteiger partial charge in [-0.1, -0.05) is 18.2 Å². The number of benzene rings is 2. The van der Waals surface area contributed by atoms with Crippen LogP contribution in [0.1, 0.15) is 33.5 Å². The molecule has 0 radical (unpaired) electrons. The molecular formula is C21H23NO5S. The van der Waals surface area contributed by atoms with Crippen LogP contribution in [0.3, 0.4) is 0 Å². The predicted molar refractivity (Wildman–Crippen MR) is 104 cm³/mol. The molecule has 7 heteroatoms. The largest absolute Gasteiger partial charge is 0.457 e. The molecule has 1 aliphatic heterocycles. The average molecular weight is 401 g/mol. The van der Waals surface area contributed by atoms with Gasteiger partial charge in [0, 0.05) is 13.1 Å². The summed E-state index contributed by atoms with van der Waals surface area (Å²) in [4.78, 5) is 12.6. The van der Waals surface area contributed by atoms with Crippen molar-refractivity contribution in [3.63, 3.8) is 0 Å². The van der Waals surface area contributed by atoms with E-state index in [9.17, 15) is 13.2 Å². The number of rotatable bonds is 5. The van der Waals surface area contributed by atoms with Crippen LogP contribution < -0.4 is 0 Å². The monoisotopic (exact) mass is 401 g/mol. The smallest absolute Gasteiger partial charge is 0.338 e. The Kier molecular flexibility index (Phi) is 5.48. The van der Waals surface area contributed by atoms with Crippen molar-refractivity contribution in [1.29, 1.82) is 0 Å². The molecule has 1 saturated heterocycles. The van der Waals surface area contributed by atoms with Crippen molar-refractivity contribution in [2.24, 2.45) is 0 Å². The number of carbonyl (C=O) groups excluding carboxylic acids is 1. The molecule has 148 valence electrons. The minimum absolute atomic E-state index is 0.0301. The number of fused-ring (bicyclic) bond motifs is 1. The molecular weight excluding hydrogens is 378 g/mol. The maximum Gasteiger partial charge on any atom is 0.338 e. The fourth-order valence-electron chi connectivity index (χ4n) is 3.66. The van der Waals surface area contributed by atoms with E-state index in [1.54, 1.807) is 30.3 Å². The SMILES string of the molecule is O=C(OCc1cccc(S(=O)(=O)N2CCOCC2)c1)c1ccc2c(c1)CCC2. The number of esters is 1. The van der Waals surface area contributed by atoms with Gasteiger partial charge in [-0.2, -0.15) is 4.31 Å². The summed E-state index contributed by atoms with van der Waals surface area (Å²) in [5.74, 6) is -0.392. The normalized spacial score (nSPS) is 17.3. The van der Waals surface area contributed by atoms with E-state index in [4.69, 9.17) is 9.47 Å². The molecule has 0 atom stereocenters. The van der Waals surface area contributed by atoms with E-state index in [2.05, 4.69) is 0 Å². The van der Waals surface area contributed by atoms with Gasteiger partial charge in [0.1, 0.15) is 6.61 Å². The second-order valence-electron chi connectivity index (χ2n) is 7.08. The summed E-state index contributed by atoms with van der Waals surface area (Å²) >= 11 is 0. The van der Waals surface area contributed by atoms with Gasteiger partial charge >= 0.3 is 5.97 Å². The minimum Gasteiger partial charge on any atom is -0.457 e. The lowest BCUT2D eigenvalue weighted by atomic mass is 10.1. The summed E-state index contributed by atoms with van der Waals surface area (Å²) < 4.78 is 37.6. The predicted octanol–water partition coefficient (Wildman–Crippen LogP) is 2.55. The third-order valence-electron chi connectivity index (χ3n) is 5.21. The zero-order chi connectivity index (χ0) is 19.6. The third-order valence-corrected chi connectivity index (χ3v) is 7.11. The van der Waals surface area contributed by atoms with Gasteiger partial charge in [-0.05, 0) is 60.2 Å². The van der Waals surface area contributed by atoms with Crippen LogP contribution >= 0.6 is 0 Å². The minimum atomic E-state index is -3.57. The van der Waals surface area contributed by atoms with E-state index in [0.717, 1.165) is 19.3 Å². The highest BCUT2D eigenvalue weighted by atomic mass is 32.2. The lowest BCUT2D eigenvalue weighted by Gasteiger charge is -2.26. The van der Waals surface area contributed by atoms with Crippen LogP contribution in [0.25, 0.3) is 0 Å². The van der Waals surface area contributed by atoms with Gasteiger partial charge in [-0.3, -0.25) is 0 Å². The molecule has 0 aromatic heterocycles. The molecule has 0 unspecified atom stereocenters. The van der Waals surface area contributed by atoms with Crippen LogP contribution in [-0.4, -0.2) is 45.0 Å². The molecule has 0 saturated carbocycles. The third kappa shape index (κ3) is 3.97. The summed E-state index contributed by atoms with van der Waals surface area (Å²) in [6.45, 7) is 1.52. The Morgan fingerprint density at radius 3 is 2.64 bits per heavy atom. The van der Waals surface area contributed by atoms with Crippen molar-refractivity contribution in [3.8, 4) is 0 Å². The van der Waals surface area contributed by atoms with Crippen molar-refractivity contribution in [1.82, 2.24) is 4.31 Å². The molecule has 2 aliphatic rings. The van der Waals surface area contributed by atoms with E-state index in [0.29, 0.717) is 37.4 Å². The molecule has 6 nitrogen and oxygen atoms in total. The van der Waals surface area contributed by atoms with E-state index in [-0.39, 0.29) is 11.5 Å². The van der Waals surface area contributed by atoms with Crippen molar-refractivity contribution >= 4 is 16.0 Å². The summed E-state index contributed by atoms with van der Waals surface area (Å²) in [6, 6.07) is 12.3. The zero-order valence-corrected chi connectivity index (χ0v) is 16.4. The Morgan fingerprint density at radius 1 is 1.04 bits per heavy atom. The Balaban J connectivity index is 1.44. The first-order valence-corrected chi connectivity index (χ1v) is 10.9. The summed E-state index contributed by atoms with van der Waals surface area (Å²) in [7, 11) is -3.57. The highest BCUT2D eigenvalue weighted by Crippen LogP contribution is 2.23. The van der Waals surface area contributed by atoms with Gasteiger partial charge in [0.2, 0.25) is 10.0 Å². The van der Waals surface area contributed by atoms with Crippen molar-refractivity contribution in [2.45, 2.75) is 30.8 Å². The summed E-state index contributed by atoms with van der Waals surface area (Å²) in [5, 5.41) is 0. The molecule has 1 aliphatic carbocycles. The molecule has 0 amide bonds.